The number of amides is 2. The maximum Gasteiger partial charge on any atom is 0.277 e. The lowest BCUT2D eigenvalue weighted by Crippen LogP contribution is -2.26. The molecule has 2 N–H and O–H groups in total. The fourth-order valence-corrected chi connectivity index (χ4v) is 2.68. The first-order chi connectivity index (χ1) is 13.3. The number of hydrazone groups is 1. The SMILES string of the molecule is CC(CC(=O)Nc1cccc(Cl)c1C)=NNC(=O)COc1ccc(Br)c(C)c1. The smallest absolute Gasteiger partial charge is 0.277 e. The minimum absolute atomic E-state index is 0.0407. The molecular formula is C20H21BrClN3O3. The van der Waals surface area contributed by atoms with Gasteiger partial charge >= 0.3 is 0 Å². The zero-order valence-electron chi connectivity index (χ0n) is 15.8. The van der Waals surface area contributed by atoms with E-state index in [2.05, 4.69) is 31.8 Å². The molecule has 0 unspecified atom stereocenters. The number of carbonyl (C=O) groups excluding carboxylic acids is 2. The van der Waals surface area contributed by atoms with Crippen LogP contribution < -0.4 is 15.5 Å². The number of nitrogens with one attached hydrogen (secondary N) is 2. The van der Waals surface area contributed by atoms with Crippen LogP contribution in [0.2, 0.25) is 5.02 Å². The molecule has 0 atom stereocenters. The van der Waals surface area contributed by atoms with Crippen LogP contribution in [-0.4, -0.2) is 24.1 Å². The molecule has 0 radical (unpaired) electrons. The van der Waals surface area contributed by atoms with Crippen LogP contribution in [0, 0.1) is 13.8 Å². The van der Waals surface area contributed by atoms with E-state index in [1.54, 1.807) is 31.2 Å². The molecule has 0 bridgehead atoms. The third kappa shape index (κ3) is 6.65. The Morgan fingerprint density at radius 1 is 1.18 bits per heavy atom. The number of anilines is 1. The first-order valence-corrected chi connectivity index (χ1v) is 9.69. The molecule has 2 amide bonds. The van der Waals surface area contributed by atoms with Crippen molar-refractivity contribution in [2.45, 2.75) is 27.2 Å². The highest BCUT2D eigenvalue weighted by atomic mass is 79.9. The summed E-state index contributed by atoms with van der Waals surface area (Å²) in [6.45, 7) is 5.24. The highest BCUT2D eigenvalue weighted by Gasteiger charge is 2.09. The molecular weight excluding hydrogens is 446 g/mol. The van der Waals surface area contributed by atoms with E-state index in [0.717, 1.165) is 15.6 Å². The second kappa shape index (κ2) is 10.2. The third-order valence-electron chi connectivity index (χ3n) is 3.83. The fourth-order valence-electron chi connectivity index (χ4n) is 2.26. The largest absolute Gasteiger partial charge is 0.484 e. The predicted molar refractivity (Wildman–Crippen MR) is 115 cm³/mol. The molecule has 0 aliphatic rings. The Kier molecular flexibility index (Phi) is 8.02. The van der Waals surface area contributed by atoms with Crippen molar-refractivity contribution in [3.05, 3.63) is 57.0 Å². The summed E-state index contributed by atoms with van der Waals surface area (Å²) in [5.74, 6) is -0.0683. The molecule has 148 valence electrons. The van der Waals surface area contributed by atoms with Gasteiger partial charge in [0, 0.05) is 20.9 Å². The molecule has 0 fully saturated rings. The van der Waals surface area contributed by atoms with Crippen LogP contribution in [-0.2, 0) is 9.59 Å². The highest BCUT2D eigenvalue weighted by molar-refractivity contribution is 9.10. The third-order valence-corrected chi connectivity index (χ3v) is 5.13. The van der Waals surface area contributed by atoms with Gasteiger partial charge in [-0.1, -0.05) is 33.6 Å². The van der Waals surface area contributed by atoms with Crippen LogP contribution in [0.15, 0.2) is 46.0 Å². The Bertz CT molecular complexity index is 916. The second-order valence-corrected chi connectivity index (χ2v) is 7.48. The van der Waals surface area contributed by atoms with Crippen molar-refractivity contribution in [3.8, 4) is 5.75 Å². The van der Waals surface area contributed by atoms with Crippen molar-refractivity contribution in [1.82, 2.24) is 5.43 Å². The van der Waals surface area contributed by atoms with Crippen molar-refractivity contribution < 1.29 is 14.3 Å². The number of nitrogens with zero attached hydrogens (tertiary/aromatic N) is 1. The van der Waals surface area contributed by atoms with Gasteiger partial charge in [0.1, 0.15) is 5.75 Å². The predicted octanol–water partition coefficient (Wildman–Crippen LogP) is 4.62. The summed E-state index contributed by atoms with van der Waals surface area (Å²) in [5, 5.41) is 7.29. The molecule has 0 aliphatic heterocycles. The fraction of sp³-hybridized carbons (Fsp3) is 0.250. The number of halogens is 2. The zero-order valence-corrected chi connectivity index (χ0v) is 18.1. The molecule has 2 aromatic carbocycles. The number of ether oxygens (including phenoxy) is 1. The quantitative estimate of drug-likeness (QED) is 0.461. The minimum Gasteiger partial charge on any atom is -0.484 e. The van der Waals surface area contributed by atoms with E-state index in [9.17, 15) is 9.59 Å². The van der Waals surface area contributed by atoms with Crippen molar-refractivity contribution in [2.24, 2.45) is 5.10 Å². The number of hydrogen-bond donors (Lipinski definition) is 2. The molecule has 0 heterocycles. The van der Waals surface area contributed by atoms with Gasteiger partial charge in [-0.15, -0.1) is 0 Å². The van der Waals surface area contributed by atoms with Crippen LogP contribution in [0.5, 0.6) is 5.75 Å². The lowest BCUT2D eigenvalue weighted by atomic mass is 10.2. The summed E-state index contributed by atoms with van der Waals surface area (Å²) in [4.78, 5) is 24.0. The minimum atomic E-state index is -0.411. The Balaban J connectivity index is 1.80. The van der Waals surface area contributed by atoms with E-state index in [4.69, 9.17) is 16.3 Å². The van der Waals surface area contributed by atoms with Crippen molar-refractivity contribution in [2.75, 3.05) is 11.9 Å². The summed E-state index contributed by atoms with van der Waals surface area (Å²) in [5.41, 5.74) is 5.29. The molecule has 2 aromatic rings. The second-order valence-electron chi connectivity index (χ2n) is 6.22. The van der Waals surface area contributed by atoms with E-state index in [-0.39, 0.29) is 18.9 Å². The molecule has 0 spiro atoms. The monoisotopic (exact) mass is 465 g/mol. The van der Waals surface area contributed by atoms with E-state index in [1.807, 2.05) is 26.0 Å². The summed E-state index contributed by atoms with van der Waals surface area (Å²) in [6, 6.07) is 10.7. The lowest BCUT2D eigenvalue weighted by molar-refractivity contribution is -0.123. The number of hydrogen-bond acceptors (Lipinski definition) is 4. The van der Waals surface area contributed by atoms with Crippen molar-refractivity contribution in [1.29, 1.82) is 0 Å². The first-order valence-electron chi connectivity index (χ1n) is 8.52. The van der Waals surface area contributed by atoms with Crippen LogP contribution >= 0.6 is 27.5 Å². The van der Waals surface area contributed by atoms with E-state index in [0.29, 0.717) is 22.2 Å². The molecule has 2 rings (SSSR count). The van der Waals surface area contributed by atoms with Crippen LogP contribution in [0.25, 0.3) is 0 Å². The number of carbonyl (C=O) groups is 2. The van der Waals surface area contributed by atoms with Gasteiger partial charge < -0.3 is 10.1 Å². The Morgan fingerprint density at radius 2 is 1.93 bits per heavy atom. The normalized spacial score (nSPS) is 11.1. The molecule has 0 aromatic heterocycles. The van der Waals surface area contributed by atoms with Crippen LogP contribution in [0.4, 0.5) is 5.69 Å². The van der Waals surface area contributed by atoms with Crippen molar-refractivity contribution in [3.63, 3.8) is 0 Å². The Labute approximate surface area is 177 Å². The lowest BCUT2D eigenvalue weighted by Gasteiger charge is -2.09. The Hall–Kier alpha value is -2.38. The topological polar surface area (TPSA) is 79.8 Å². The number of benzene rings is 2. The first kappa shape index (κ1) is 21.9. The standard InChI is InChI=1S/C20H21BrClN3O3/c1-12-9-15(7-8-16(12)21)28-11-20(27)25-24-13(2)10-19(26)23-18-6-4-5-17(22)14(18)3/h4-9H,10-11H2,1-3H3,(H,23,26)(H,25,27). The van der Waals surface area contributed by atoms with Gasteiger partial charge in [0.15, 0.2) is 6.61 Å². The van der Waals surface area contributed by atoms with E-state index >= 15 is 0 Å². The summed E-state index contributed by atoms with van der Waals surface area (Å²) in [6.07, 6.45) is 0.0407. The average Bonchev–Trinajstić information content (AvgIpc) is 2.64. The molecule has 6 nitrogen and oxygen atoms in total. The molecule has 8 heteroatoms. The van der Waals surface area contributed by atoms with Crippen LogP contribution in [0.1, 0.15) is 24.5 Å². The van der Waals surface area contributed by atoms with Gasteiger partial charge in [0.2, 0.25) is 5.91 Å². The van der Waals surface area contributed by atoms with E-state index in [1.165, 1.54) is 0 Å². The number of aryl methyl sites for hydroxylation is 1. The van der Waals surface area contributed by atoms with Gasteiger partial charge in [-0.25, -0.2) is 5.43 Å². The van der Waals surface area contributed by atoms with Gasteiger partial charge in [-0.05, 0) is 62.2 Å². The summed E-state index contributed by atoms with van der Waals surface area (Å²) < 4.78 is 6.39. The van der Waals surface area contributed by atoms with Gasteiger partial charge in [0.05, 0.1) is 6.42 Å². The highest BCUT2D eigenvalue weighted by Crippen LogP contribution is 2.23. The zero-order chi connectivity index (χ0) is 20.7. The molecule has 28 heavy (non-hydrogen) atoms. The molecule has 0 saturated heterocycles. The maximum atomic E-state index is 12.1. The maximum absolute atomic E-state index is 12.1. The van der Waals surface area contributed by atoms with Gasteiger partial charge in [-0.2, -0.15) is 5.10 Å². The van der Waals surface area contributed by atoms with Crippen molar-refractivity contribution >= 4 is 50.7 Å². The Morgan fingerprint density at radius 3 is 2.64 bits per heavy atom. The van der Waals surface area contributed by atoms with Gasteiger partial charge in [-0.3, -0.25) is 9.59 Å². The summed E-state index contributed by atoms with van der Waals surface area (Å²) >= 11 is 9.45. The number of rotatable bonds is 7. The average molecular weight is 467 g/mol. The molecule has 0 aliphatic carbocycles. The van der Waals surface area contributed by atoms with Crippen LogP contribution in [0.3, 0.4) is 0 Å². The van der Waals surface area contributed by atoms with Gasteiger partial charge in [0.25, 0.3) is 5.91 Å². The molecule has 0 saturated carbocycles. The van der Waals surface area contributed by atoms with E-state index < -0.39 is 5.91 Å². The summed E-state index contributed by atoms with van der Waals surface area (Å²) in [7, 11) is 0.